The molecule has 0 bridgehead atoms. The van der Waals surface area contributed by atoms with Gasteiger partial charge in [-0.05, 0) is 38.1 Å². The number of nitrogens with zero attached hydrogens (tertiary/aromatic N) is 6. The predicted molar refractivity (Wildman–Crippen MR) is 114 cm³/mol. The minimum atomic E-state index is 0.224. The van der Waals surface area contributed by atoms with Gasteiger partial charge in [0.2, 0.25) is 23.8 Å². The zero-order valence-corrected chi connectivity index (χ0v) is 17.2. The number of nitrogens with one attached hydrogen (secondary N) is 4. The smallest absolute Gasteiger partial charge is 0.322 e. The molecule has 0 radical (unpaired) electrons. The minimum Gasteiger partial charge on any atom is -0.467 e. The van der Waals surface area contributed by atoms with Crippen molar-refractivity contribution in [2.75, 3.05) is 48.6 Å². The lowest BCUT2D eigenvalue weighted by molar-refractivity contribution is 0.379. The summed E-state index contributed by atoms with van der Waals surface area (Å²) in [6, 6.07) is 7.93. The number of hydrogen-bond acceptors (Lipinski definition) is 12. The molecule has 0 unspecified atom stereocenters. The molecule has 158 valence electrons. The summed E-state index contributed by atoms with van der Waals surface area (Å²) in [5.41, 5.74) is 1.58. The molecule has 0 amide bonds. The number of anilines is 6. The van der Waals surface area contributed by atoms with Gasteiger partial charge in [0.15, 0.2) is 0 Å². The van der Waals surface area contributed by atoms with E-state index >= 15 is 0 Å². The monoisotopic (exact) mass is 412 g/mol. The van der Waals surface area contributed by atoms with Crippen molar-refractivity contribution in [3.8, 4) is 12.0 Å². The molecule has 2 heterocycles. The Hall–Kier alpha value is -3.96. The van der Waals surface area contributed by atoms with Gasteiger partial charge in [0, 0.05) is 24.5 Å². The van der Waals surface area contributed by atoms with E-state index in [1.54, 1.807) is 0 Å². The van der Waals surface area contributed by atoms with Crippen LogP contribution in [0.1, 0.15) is 13.8 Å². The van der Waals surface area contributed by atoms with E-state index < -0.39 is 0 Å². The molecule has 3 aromatic rings. The predicted octanol–water partition coefficient (Wildman–Crippen LogP) is 2.42. The van der Waals surface area contributed by atoms with Crippen LogP contribution >= 0.6 is 0 Å². The second kappa shape index (κ2) is 10.0. The second-order valence-electron chi connectivity index (χ2n) is 5.83. The first-order valence-corrected chi connectivity index (χ1v) is 9.35. The summed E-state index contributed by atoms with van der Waals surface area (Å²) in [5, 5.41) is 12.3. The molecule has 0 atom stereocenters. The van der Waals surface area contributed by atoms with Crippen LogP contribution in [0.2, 0.25) is 0 Å². The fraction of sp³-hybridized carbons (Fsp3) is 0.333. The number of ether oxygens (including phenoxy) is 2. The van der Waals surface area contributed by atoms with Crippen molar-refractivity contribution >= 4 is 35.2 Å². The van der Waals surface area contributed by atoms with Crippen LogP contribution in [-0.2, 0) is 0 Å². The minimum absolute atomic E-state index is 0.224. The molecule has 12 nitrogen and oxygen atoms in total. The highest BCUT2D eigenvalue weighted by atomic mass is 16.5. The molecule has 2 aromatic heterocycles. The molecule has 0 spiro atoms. The van der Waals surface area contributed by atoms with Gasteiger partial charge in [0.25, 0.3) is 0 Å². The Morgan fingerprint density at radius 1 is 0.600 bits per heavy atom. The lowest BCUT2D eigenvalue weighted by atomic mass is 10.3. The molecule has 0 aliphatic heterocycles. The van der Waals surface area contributed by atoms with Crippen molar-refractivity contribution in [1.29, 1.82) is 0 Å². The number of hydrogen-bond donors (Lipinski definition) is 4. The molecule has 4 N–H and O–H groups in total. The van der Waals surface area contributed by atoms with Crippen LogP contribution in [0.5, 0.6) is 12.0 Å². The van der Waals surface area contributed by atoms with Crippen LogP contribution in [-0.4, -0.2) is 57.2 Å². The summed E-state index contributed by atoms with van der Waals surface area (Å²) in [4.78, 5) is 25.3. The number of methoxy groups -OCH3 is 2. The van der Waals surface area contributed by atoms with Gasteiger partial charge < -0.3 is 30.7 Å². The highest BCUT2D eigenvalue weighted by Gasteiger charge is 2.08. The van der Waals surface area contributed by atoms with E-state index in [-0.39, 0.29) is 12.0 Å². The Bertz CT molecular complexity index is 889. The second-order valence-corrected chi connectivity index (χ2v) is 5.83. The maximum atomic E-state index is 5.12. The highest BCUT2D eigenvalue weighted by Crippen LogP contribution is 2.21. The first-order valence-electron chi connectivity index (χ1n) is 9.35. The van der Waals surface area contributed by atoms with Gasteiger partial charge in [-0.15, -0.1) is 0 Å². The van der Waals surface area contributed by atoms with Crippen LogP contribution in [0.4, 0.5) is 35.2 Å². The Morgan fingerprint density at radius 2 is 0.967 bits per heavy atom. The van der Waals surface area contributed by atoms with Gasteiger partial charge in [0.05, 0.1) is 14.2 Å². The van der Waals surface area contributed by atoms with Gasteiger partial charge in [0.1, 0.15) is 0 Å². The SMILES string of the molecule is CCNc1nc(Nc2ccc(Nc3nc(NCC)nc(OC)n3)cc2)nc(OC)n1. The van der Waals surface area contributed by atoms with E-state index in [1.807, 2.05) is 38.1 Å². The van der Waals surface area contributed by atoms with Crippen molar-refractivity contribution in [2.45, 2.75) is 13.8 Å². The summed E-state index contributed by atoms with van der Waals surface area (Å²) in [7, 11) is 3.01. The van der Waals surface area contributed by atoms with Gasteiger partial charge >= 0.3 is 12.0 Å². The Balaban J connectivity index is 1.73. The van der Waals surface area contributed by atoms with Crippen molar-refractivity contribution in [3.63, 3.8) is 0 Å². The molecular weight excluding hydrogens is 388 g/mol. The van der Waals surface area contributed by atoms with Gasteiger partial charge in [-0.3, -0.25) is 0 Å². The van der Waals surface area contributed by atoms with Crippen LogP contribution < -0.4 is 30.7 Å². The molecule has 0 aliphatic rings. The molecule has 0 saturated carbocycles. The highest BCUT2D eigenvalue weighted by molar-refractivity contribution is 5.62. The summed E-state index contributed by atoms with van der Waals surface area (Å²) in [6.45, 7) is 5.28. The largest absolute Gasteiger partial charge is 0.467 e. The first-order chi connectivity index (χ1) is 14.6. The van der Waals surface area contributed by atoms with Crippen molar-refractivity contribution in [1.82, 2.24) is 29.9 Å². The molecular formula is C18H24N10O2. The lowest BCUT2D eigenvalue weighted by Crippen LogP contribution is -2.08. The summed E-state index contributed by atoms with van der Waals surface area (Å²) in [5.74, 6) is 1.61. The Morgan fingerprint density at radius 3 is 1.30 bits per heavy atom. The van der Waals surface area contributed by atoms with Crippen LogP contribution in [0.3, 0.4) is 0 Å². The average Bonchev–Trinajstić information content (AvgIpc) is 2.75. The molecule has 0 saturated heterocycles. The van der Waals surface area contributed by atoms with Crippen molar-refractivity contribution in [3.05, 3.63) is 24.3 Å². The molecule has 30 heavy (non-hydrogen) atoms. The maximum Gasteiger partial charge on any atom is 0.322 e. The maximum absolute atomic E-state index is 5.12. The topological polar surface area (TPSA) is 144 Å². The zero-order valence-electron chi connectivity index (χ0n) is 17.2. The number of aromatic nitrogens is 6. The Labute approximate surface area is 173 Å². The molecule has 0 fully saturated rings. The van der Waals surface area contributed by atoms with E-state index in [0.29, 0.717) is 36.9 Å². The third kappa shape index (κ3) is 5.53. The number of rotatable bonds is 10. The van der Waals surface area contributed by atoms with Crippen molar-refractivity contribution < 1.29 is 9.47 Å². The third-order valence-corrected chi connectivity index (χ3v) is 3.66. The van der Waals surface area contributed by atoms with Crippen LogP contribution in [0.25, 0.3) is 0 Å². The van der Waals surface area contributed by atoms with E-state index in [2.05, 4.69) is 51.2 Å². The normalized spacial score (nSPS) is 10.3. The van der Waals surface area contributed by atoms with E-state index in [0.717, 1.165) is 11.4 Å². The van der Waals surface area contributed by atoms with Crippen molar-refractivity contribution in [2.24, 2.45) is 0 Å². The van der Waals surface area contributed by atoms with E-state index in [4.69, 9.17) is 9.47 Å². The van der Waals surface area contributed by atoms with E-state index in [1.165, 1.54) is 14.2 Å². The lowest BCUT2D eigenvalue weighted by Gasteiger charge is -2.10. The summed E-state index contributed by atoms with van der Waals surface area (Å²) in [6.07, 6.45) is 0. The third-order valence-electron chi connectivity index (χ3n) is 3.66. The molecule has 12 heteroatoms. The molecule has 0 aliphatic carbocycles. The summed E-state index contributed by atoms with van der Waals surface area (Å²) < 4.78 is 10.2. The fourth-order valence-electron chi connectivity index (χ4n) is 2.38. The van der Waals surface area contributed by atoms with Crippen LogP contribution in [0, 0.1) is 0 Å². The first kappa shape index (κ1) is 20.8. The average molecular weight is 412 g/mol. The Kier molecular flexibility index (Phi) is 6.92. The van der Waals surface area contributed by atoms with Gasteiger partial charge in [-0.1, -0.05) is 0 Å². The zero-order chi connectivity index (χ0) is 21.3. The van der Waals surface area contributed by atoms with Gasteiger partial charge in [-0.2, -0.15) is 29.9 Å². The molecule has 3 rings (SSSR count). The van der Waals surface area contributed by atoms with E-state index in [9.17, 15) is 0 Å². The summed E-state index contributed by atoms with van der Waals surface area (Å²) >= 11 is 0. The fourth-order valence-corrected chi connectivity index (χ4v) is 2.38. The molecule has 1 aromatic carbocycles. The number of benzene rings is 1. The quantitative estimate of drug-likeness (QED) is 0.388. The standard InChI is InChI=1S/C18H24N10O2/c1-5-19-13-23-15(27-17(25-13)29-3)21-11-7-9-12(10-8-11)22-16-24-14(20-6-2)26-18(28-16)30-4/h7-10H,5-6H2,1-4H3,(H2,19,21,23,25,27)(H2,20,22,24,26,28). The van der Waals surface area contributed by atoms with Crippen LogP contribution in [0.15, 0.2) is 24.3 Å². The van der Waals surface area contributed by atoms with Gasteiger partial charge in [-0.25, -0.2) is 0 Å².